The lowest BCUT2D eigenvalue weighted by Crippen LogP contribution is -2.15. The second-order valence-corrected chi connectivity index (χ2v) is 6.15. The van der Waals surface area contributed by atoms with Crippen molar-refractivity contribution in [1.29, 1.82) is 5.26 Å². The first-order valence-electron chi connectivity index (χ1n) is 6.42. The number of hydrogen-bond donors (Lipinski definition) is 1. The van der Waals surface area contributed by atoms with Crippen molar-refractivity contribution in [3.05, 3.63) is 43.7 Å². The summed E-state index contributed by atoms with van der Waals surface area (Å²) in [5, 5.41) is 9.51. The number of carbonyl (C=O) groups excluding carboxylic acids is 2. The van der Waals surface area contributed by atoms with Crippen LogP contribution in [0.3, 0.4) is 0 Å². The molecule has 0 spiro atoms. The minimum atomic E-state index is -0.740. The van der Waals surface area contributed by atoms with E-state index in [9.17, 15) is 14.9 Å². The Hall–Kier alpha value is -2.25. The summed E-state index contributed by atoms with van der Waals surface area (Å²) in [6.45, 7) is 0. The maximum absolute atomic E-state index is 12.1. The highest BCUT2D eigenvalue weighted by molar-refractivity contribution is 14.1. The van der Waals surface area contributed by atoms with E-state index in [1.165, 1.54) is 31.0 Å². The van der Waals surface area contributed by atoms with Gasteiger partial charge in [0.05, 0.1) is 36.7 Å². The molecule has 1 aromatic carbocycles. The van der Waals surface area contributed by atoms with Crippen LogP contribution < -0.4 is 5.73 Å². The molecule has 2 aromatic rings. The first kappa shape index (κ1) is 18.1. The lowest BCUT2D eigenvalue weighted by molar-refractivity contribution is 0.0581. The van der Waals surface area contributed by atoms with Gasteiger partial charge in [0.2, 0.25) is 0 Å². The molecule has 0 saturated heterocycles. The number of carbonyl (C=O) groups is 2. The van der Waals surface area contributed by atoms with Gasteiger partial charge in [0.15, 0.2) is 5.69 Å². The fourth-order valence-electron chi connectivity index (χ4n) is 2.17. The van der Waals surface area contributed by atoms with E-state index in [2.05, 4.69) is 0 Å². The minimum Gasteiger partial charge on any atom is -0.465 e. The van der Waals surface area contributed by atoms with Crippen LogP contribution in [0.25, 0.3) is 5.69 Å². The zero-order chi connectivity index (χ0) is 18.0. The van der Waals surface area contributed by atoms with E-state index in [4.69, 9.17) is 26.8 Å². The Balaban J connectivity index is 2.90. The molecule has 0 saturated carbocycles. The van der Waals surface area contributed by atoms with Crippen LogP contribution in [-0.2, 0) is 9.47 Å². The number of ether oxygens (including phenoxy) is 2. The number of nitrogens with zero attached hydrogens (tertiary/aromatic N) is 2. The summed E-state index contributed by atoms with van der Waals surface area (Å²) in [5.74, 6) is -1.39. The van der Waals surface area contributed by atoms with Crippen molar-refractivity contribution in [3.8, 4) is 11.8 Å². The van der Waals surface area contributed by atoms with Crippen molar-refractivity contribution in [1.82, 2.24) is 4.57 Å². The van der Waals surface area contributed by atoms with Gasteiger partial charge >= 0.3 is 11.9 Å². The van der Waals surface area contributed by atoms with Crippen LogP contribution >= 0.6 is 34.2 Å². The van der Waals surface area contributed by atoms with Gasteiger partial charge in [-0.3, -0.25) is 0 Å². The number of nitriles is 1. The smallest absolute Gasteiger partial charge is 0.357 e. The van der Waals surface area contributed by atoms with E-state index < -0.39 is 11.9 Å². The predicted molar refractivity (Wildman–Crippen MR) is 95.3 cm³/mol. The molecule has 24 heavy (non-hydrogen) atoms. The molecule has 2 rings (SSSR count). The maximum Gasteiger partial charge on any atom is 0.357 e. The van der Waals surface area contributed by atoms with Gasteiger partial charge in [0.25, 0.3) is 0 Å². The molecule has 0 radical (unpaired) electrons. The van der Waals surface area contributed by atoms with Crippen molar-refractivity contribution < 1.29 is 19.1 Å². The first-order chi connectivity index (χ1) is 11.3. The zero-order valence-corrected chi connectivity index (χ0v) is 15.5. The number of aromatic nitrogens is 1. The van der Waals surface area contributed by atoms with Crippen molar-refractivity contribution in [2.45, 2.75) is 0 Å². The SMILES string of the molecule is COC(=O)c1cc(Cl)cc(I)c1-n1cc(C#N)c(N)c1C(=O)OC. The molecular formula is C15H11ClIN3O4. The monoisotopic (exact) mass is 459 g/mol. The molecule has 0 unspecified atom stereocenters. The summed E-state index contributed by atoms with van der Waals surface area (Å²) in [6.07, 6.45) is 1.36. The first-order valence-corrected chi connectivity index (χ1v) is 7.88. The van der Waals surface area contributed by atoms with E-state index in [0.29, 0.717) is 14.3 Å². The summed E-state index contributed by atoms with van der Waals surface area (Å²) >= 11 is 7.97. The number of rotatable bonds is 3. The van der Waals surface area contributed by atoms with E-state index in [0.717, 1.165) is 0 Å². The average molecular weight is 460 g/mol. The molecule has 0 bridgehead atoms. The summed E-state index contributed by atoms with van der Waals surface area (Å²) in [7, 11) is 2.42. The lowest BCUT2D eigenvalue weighted by atomic mass is 10.1. The number of esters is 2. The Morgan fingerprint density at radius 1 is 1.29 bits per heavy atom. The second-order valence-electron chi connectivity index (χ2n) is 4.55. The minimum absolute atomic E-state index is 0.0362. The molecule has 2 N–H and O–H groups in total. The molecule has 0 aliphatic carbocycles. The third-order valence-corrected chi connectivity index (χ3v) is 4.26. The second kappa shape index (κ2) is 7.11. The molecule has 0 fully saturated rings. The highest BCUT2D eigenvalue weighted by Crippen LogP contribution is 2.32. The van der Waals surface area contributed by atoms with E-state index >= 15 is 0 Å². The summed E-state index contributed by atoms with van der Waals surface area (Å²) in [4.78, 5) is 24.2. The topological polar surface area (TPSA) is 107 Å². The molecule has 1 aromatic heterocycles. The van der Waals surface area contributed by atoms with Crippen LogP contribution in [0, 0.1) is 14.9 Å². The quantitative estimate of drug-likeness (QED) is 0.559. The molecule has 0 atom stereocenters. The maximum atomic E-state index is 12.1. The van der Waals surface area contributed by atoms with Gasteiger partial charge in [-0.1, -0.05) is 11.6 Å². The van der Waals surface area contributed by atoms with Gasteiger partial charge in [-0.25, -0.2) is 9.59 Å². The molecule has 7 nitrogen and oxygen atoms in total. The number of nitrogens with two attached hydrogens (primary N) is 1. The number of nitrogen functional groups attached to an aromatic ring is 1. The predicted octanol–water partition coefficient (Wildman–Crippen LogP) is 2.76. The van der Waals surface area contributed by atoms with Crippen molar-refractivity contribution >= 4 is 51.8 Å². The number of hydrogen-bond acceptors (Lipinski definition) is 6. The Labute approximate surface area is 156 Å². The molecule has 1 heterocycles. The van der Waals surface area contributed by atoms with Crippen molar-refractivity contribution in [2.75, 3.05) is 20.0 Å². The van der Waals surface area contributed by atoms with Crippen LogP contribution in [0.5, 0.6) is 0 Å². The fourth-order valence-corrected chi connectivity index (χ4v) is 3.46. The van der Waals surface area contributed by atoms with Gasteiger partial charge < -0.3 is 19.8 Å². The third kappa shape index (κ3) is 3.05. The summed E-state index contributed by atoms with van der Waals surface area (Å²) in [5.41, 5.74) is 6.31. The normalized spacial score (nSPS) is 10.1. The Kier molecular flexibility index (Phi) is 5.36. The van der Waals surface area contributed by atoms with Gasteiger partial charge in [0, 0.05) is 14.8 Å². The number of halogens is 2. The Morgan fingerprint density at radius 2 is 1.92 bits per heavy atom. The van der Waals surface area contributed by atoms with Crippen LogP contribution in [0.4, 0.5) is 5.69 Å². The lowest BCUT2D eigenvalue weighted by Gasteiger charge is -2.15. The van der Waals surface area contributed by atoms with E-state index in [-0.39, 0.29) is 22.5 Å². The number of benzene rings is 1. The molecule has 124 valence electrons. The Morgan fingerprint density at radius 3 is 2.46 bits per heavy atom. The van der Waals surface area contributed by atoms with Crippen molar-refractivity contribution in [2.24, 2.45) is 0 Å². The van der Waals surface area contributed by atoms with Gasteiger partial charge in [-0.15, -0.1) is 0 Å². The molecule has 0 amide bonds. The fraction of sp³-hybridized carbons (Fsp3) is 0.133. The standard InChI is InChI=1S/C15H11ClIN3O4/c1-23-14(21)9-3-8(16)4-10(17)12(9)20-6-7(5-18)11(19)13(20)15(22)24-2/h3-4,6H,19H2,1-2H3. The molecule has 0 aliphatic rings. The largest absolute Gasteiger partial charge is 0.465 e. The van der Waals surface area contributed by atoms with Gasteiger partial charge in [0.1, 0.15) is 6.07 Å². The highest BCUT2D eigenvalue weighted by Gasteiger charge is 2.26. The summed E-state index contributed by atoms with van der Waals surface area (Å²) in [6, 6.07) is 4.92. The summed E-state index contributed by atoms with van der Waals surface area (Å²) < 4.78 is 11.4. The van der Waals surface area contributed by atoms with Gasteiger partial charge in [-0.2, -0.15) is 5.26 Å². The van der Waals surface area contributed by atoms with Crippen LogP contribution in [0.15, 0.2) is 18.3 Å². The van der Waals surface area contributed by atoms with Crippen LogP contribution in [0.1, 0.15) is 26.4 Å². The third-order valence-electron chi connectivity index (χ3n) is 3.22. The van der Waals surface area contributed by atoms with Crippen LogP contribution in [-0.4, -0.2) is 30.7 Å². The Bertz CT molecular complexity index is 886. The highest BCUT2D eigenvalue weighted by atomic mass is 127. The number of methoxy groups -OCH3 is 2. The average Bonchev–Trinajstić information content (AvgIpc) is 2.88. The molecular weight excluding hydrogens is 449 g/mol. The number of anilines is 1. The zero-order valence-electron chi connectivity index (χ0n) is 12.6. The van der Waals surface area contributed by atoms with Crippen LogP contribution in [0.2, 0.25) is 5.02 Å². The van der Waals surface area contributed by atoms with Gasteiger partial charge in [-0.05, 0) is 34.7 Å². The molecule has 0 aliphatic heterocycles. The van der Waals surface area contributed by atoms with E-state index in [1.54, 1.807) is 6.07 Å². The van der Waals surface area contributed by atoms with Crippen molar-refractivity contribution in [3.63, 3.8) is 0 Å². The molecule has 9 heteroatoms. The van der Waals surface area contributed by atoms with E-state index in [1.807, 2.05) is 28.7 Å².